The molecule has 0 aliphatic carbocycles. The molecule has 0 unspecified atom stereocenters. The first kappa shape index (κ1) is 26.6. The maximum Gasteiger partial charge on any atom is 0.246 e. The van der Waals surface area contributed by atoms with E-state index in [0.29, 0.717) is 30.7 Å². The highest BCUT2D eigenvalue weighted by molar-refractivity contribution is 5.96. The van der Waals surface area contributed by atoms with Crippen molar-refractivity contribution in [1.29, 1.82) is 0 Å². The monoisotopic (exact) mass is 427 g/mol. The smallest absolute Gasteiger partial charge is 0.246 e. The van der Waals surface area contributed by atoms with Crippen molar-refractivity contribution in [1.82, 2.24) is 10.1 Å². The summed E-state index contributed by atoms with van der Waals surface area (Å²) in [6.07, 6.45) is 2.07. The number of nitrogens with one attached hydrogen (secondary N) is 1. The van der Waals surface area contributed by atoms with Crippen LogP contribution in [0.25, 0.3) is 0 Å². The summed E-state index contributed by atoms with van der Waals surface area (Å²) in [5.41, 5.74) is -0.705. The van der Waals surface area contributed by atoms with E-state index in [2.05, 4.69) is 15.4 Å². The number of carbonyl (C=O) groups excluding carboxylic acids is 1. The highest BCUT2D eigenvalue weighted by Gasteiger charge is 2.35. The van der Waals surface area contributed by atoms with Gasteiger partial charge >= 0.3 is 0 Å². The van der Waals surface area contributed by atoms with Gasteiger partial charge in [-0.1, -0.05) is 19.0 Å². The molecule has 1 N–H and O–H groups in total. The van der Waals surface area contributed by atoms with E-state index >= 15 is 0 Å². The molecular weight excluding hydrogens is 386 g/mol. The number of amides is 1. The molecule has 0 saturated carbocycles. The quantitative estimate of drug-likeness (QED) is 0.570. The highest BCUT2D eigenvalue weighted by atomic mass is 16.5. The third-order valence-corrected chi connectivity index (χ3v) is 5.50. The second kappa shape index (κ2) is 12.4. The Hall–Kier alpha value is -1.48. The molecule has 1 fully saturated rings. The molecule has 1 amide bonds. The molecule has 1 aliphatic rings. The Bertz CT molecular complexity index is 624. The Labute approximate surface area is 181 Å². The van der Waals surface area contributed by atoms with E-state index in [1.807, 2.05) is 48.6 Å². The van der Waals surface area contributed by atoms with Crippen molar-refractivity contribution < 1.29 is 23.5 Å². The lowest BCUT2D eigenvalue weighted by Gasteiger charge is -2.37. The van der Waals surface area contributed by atoms with Crippen LogP contribution in [-0.2, 0) is 24.6 Å². The third kappa shape index (κ3) is 7.65. The summed E-state index contributed by atoms with van der Waals surface area (Å²) in [6, 6.07) is 1.71. The minimum Gasteiger partial charge on any atom is -0.382 e. The largest absolute Gasteiger partial charge is 0.382 e. The summed E-state index contributed by atoms with van der Waals surface area (Å²) in [5.74, 6) is 0.728. The van der Waals surface area contributed by atoms with Crippen molar-refractivity contribution in [3.05, 3.63) is 11.8 Å². The van der Waals surface area contributed by atoms with Crippen LogP contribution in [0.2, 0.25) is 0 Å². The first-order valence-electron chi connectivity index (χ1n) is 10.9. The Balaban J connectivity index is 0.00000218. The number of anilines is 1. The maximum absolute atomic E-state index is 12.9. The predicted octanol–water partition coefficient (Wildman–Crippen LogP) is 3.67. The summed E-state index contributed by atoms with van der Waals surface area (Å²) in [6.45, 7) is 15.0. The zero-order valence-electron chi connectivity index (χ0n) is 20.0. The third-order valence-electron chi connectivity index (χ3n) is 5.50. The van der Waals surface area contributed by atoms with Crippen LogP contribution in [-0.4, -0.2) is 68.6 Å². The number of rotatable bonds is 10. The zero-order valence-corrected chi connectivity index (χ0v) is 20.0. The summed E-state index contributed by atoms with van der Waals surface area (Å²) in [5, 5.41) is 6.90. The van der Waals surface area contributed by atoms with Crippen LogP contribution in [0.4, 0.5) is 5.88 Å². The van der Waals surface area contributed by atoms with Gasteiger partial charge in [0.2, 0.25) is 11.8 Å². The molecule has 8 nitrogen and oxygen atoms in total. The molecule has 0 bridgehead atoms. The van der Waals surface area contributed by atoms with Crippen molar-refractivity contribution in [2.24, 2.45) is 5.92 Å². The Morgan fingerprint density at radius 1 is 1.23 bits per heavy atom. The minimum atomic E-state index is -0.685. The number of ether oxygens (including phenoxy) is 3. The molecule has 30 heavy (non-hydrogen) atoms. The first-order valence-corrected chi connectivity index (χ1v) is 10.9. The number of likely N-dealkylation sites (N-methyl/N-ethyl adjacent to an activating group) is 1. The van der Waals surface area contributed by atoms with Gasteiger partial charge in [-0.25, -0.2) is 0 Å². The van der Waals surface area contributed by atoms with E-state index in [1.165, 1.54) is 0 Å². The highest BCUT2D eigenvalue weighted by Crippen LogP contribution is 2.27. The van der Waals surface area contributed by atoms with E-state index < -0.39 is 11.1 Å². The number of aromatic nitrogens is 1. The minimum absolute atomic E-state index is 0.136. The van der Waals surface area contributed by atoms with E-state index in [9.17, 15) is 4.79 Å². The van der Waals surface area contributed by atoms with Gasteiger partial charge in [0, 0.05) is 32.9 Å². The predicted molar refractivity (Wildman–Crippen MR) is 118 cm³/mol. The second-order valence-electron chi connectivity index (χ2n) is 8.38. The van der Waals surface area contributed by atoms with Gasteiger partial charge in [-0.3, -0.25) is 15.0 Å². The van der Waals surface area contributed by atoms with Crippen molar-refractivity contribution in [2.75, 3.05) is 52.4 Å². The Kier molecular flexibility index (Phi) is 11.0. The fourth-order valence-corrected chi connectivity index (χ4v) is 3.05. The normalized spacial score (nSPS) is 15.6. The molecule has 2 heterocycles. The van der Waals surface area contributed by atoms with Gasteiger partial charge in [0.15, 0.2) is 0 Å². The molecule has 0 atom stereocenters. The van der Waals surface area contributed by atoms with Crippen LogP contribution >= 0.6 is 0 Å². The molecule has 174 valence electrons. The summed E-state index contributed by atoms with van der Waals surface area (Å²) < 4.78 is 21.5. The van der Waals surface area contributed by atoms with E-state index in [0.717, 1.165) is 32.6 Å². The van der Waals surface area contributed by atoms with Crippen LogP contribution < -0.4 is 5.32 Å². The summed E-state index contributed by atoms with van der Waals surface area (Å²) >= 11 is 0. The van der Waals surface area contributed by atoms with Crippen molar-refractivity contribution in [3.8, 4) is 0 Å². The number of nitrogens with zero attached hydrogens (tertiary/aromatic N) is 2. The fourth-order valence-electron chi connectivity index (χ4n) is 3.05. The van der Waals surface area contributed by atoms with E-state index in [4.69, 9.17) is 18.7 Å². The maximum atomic E-state index is 12.9. The average molecular weight is 428 g/mol. The van der Waals surface area contributed by atoms with Crippen molar-refractivity contribution in [2.45, 2.75) is 65.5 Å². The molecule has 0 aromatic carbocycles. The van der Waals surface area contributed by atoms with Crippen LogP contribution in [0.15, 0.2) is 10.6 Å². The lowest BCUT2D eigenvalue weighted by atomic mass is 9.95. The van der Waals surface area contributed by atoms with Crippen LogP contribution in [0.5, 0.6) is 0 Å². The molecule has 1 aliphatic heterocycles. The molecular formula is C22H41N3O5. The SMILES string of the molecule is CC.COCCOC(C)(C)c1cc(NC(=O)C(C)(C)N(C)CC2CCOCC2)on1. The van der Waals surface area contributed by atoms with Crippen LogP contribution in [0.3, 0.4) is 0 Å². The number of hydrogen-bond donors (Lipinski definition) is 1. The number of carbonyl (C=O) groups is 1. The molecule has 0 radical (unpaired) electrons. The molecule has 1 aromatic rings. The molecule has 1 aromatic heterocycles. The first-order chi connectivity index (χ1) is 14.2. The molecule has 2 rings (SSSR count). The lowest BCUT2D eigenvalue weighted by Crippen LogP contribution is -2.52. The van der Waals surface area contributed by atoms with Gasteiger partial charge < -0.3 is 18.7 Å². The van der Waals surface area contributed by atoms with Crippen LogP contribution in [0.1, 0.15) is 60.1 Å². The number of hydrogen-bond acceptors (Lipinski definition) is 7. The Morgan fingerprint density at radius 3 is 2.47 bits per heavy atom. The van der Waals surface area contributed by atoms with Crippen molar-refractivity contribution in [3.63, 3.8) is 0 Å². The topological polar surface area (TPSA) is 86.1 Å². The fraction of sp³-hybridized carbons (Fsp3) is 0.818. The Morgan fingerprint density at radius 2 is 1.87 bits per heavy atom. The second-order valence-corrected chi connectivity index (χ2v) is 8.38. The van der Waals surface area contributed by atoms with Gasteiger partial charge in [0.1, 0.15) is 11.3 Å². The lowest BCUT2D eigenvalue weighted by molar-refractivity contribution is -0.126. The summed E-state index contributed by atoms with van der Waals surface area (Å²) in [4.78, 5) is 15.0. The van der Waals surface area contributed by atoms with E-state index in [-0.39, 0.29) is 5.91 Å². The van der Waals surface area contributed by atoms with Gasteiger partial charge in [-0.2, -0.15) is 0 Å². The van der Waals surface area contributed by atoms with Gasteiger partial charge in [-0.05, 0) is 53.5 Å². The van der Waals surface area contributed by atoms with Crippen molar-refractivity contribution >= 4 is 11.8 Å². The van der Waals surface area contributed by atoms with E-state index in [1.54, 1.807) is 13.2 Å². The van der Waals surface area contributed by atoms with Crippen LogP contribution in [0, 0.1) is 5.92 Å². The van der Waals surface area contributed by atoms with Gasteiger partial charge in [0.05, 0.1) is 18.8 Å². The summed E-state index contributed by atoms with van der Waals surface area (Å²) in [7, 11) is 3.61. The molecule has 0 spiro atoms. The molecule has 1 saturated heterocycles. The number of methoxy groups -OCH3 is 1. The zero-order chi connectivity index (χ0) is 22.8. The standard InChI is InChI=1S/C20H35N3O5.C2H6/c1-19(2,23(5)14-15-7-9-26-10-8-15)18(24)21-17-13-16(22-28-17)20(3,4)27-12-11-25-6;1-2/h13,15H,7-12,14H2,1-6H3,(H,21,24);1-2H3. The molecule has 8 heteroatoms. The van der Waals surface area contributed by atoms with Gasteiger partial charge in [0.25, 0.3) is 0 Å². The average Bonchev–Trinajstić information content (AvgIpc) is 3.20. The van der Waals surface area contributed by atoms with Gasteiger partial charge in [-0.15, -0.1) is 0 Å².